The molecule has 0 saturated carbocycles. The molecule has 2 N–H and O–H groups in total. The summed E-state index contributed by atoms with van der Waals surface area (Å²) < 4.78 is 30.5. The second kappa shape index (κ2) is 11.3. The smallest absolute Gasteiger partial charge is 0.229 e. The van der Waals surface area contributed by atoms with Gasteiger partial charge in [0.2, 0.25) is 5.95 Å². The zero-order chi connectivity index (χ0) is 27.6. The van der Waals surface area contributed by atoms with Crippen molar-refractivity contribution < 1.29 is 18.8 Å². The summed E-state index contributed by atoms with van der Waals surface area (Å²) in [4.78, 5) is 11.4. The molecule has 2 aliphatic heterocycles. The Morgan fingerprint density at radius 3 is 2.51 bits per heavy atom. The van der Waals surface area contributed by atoms with Crippen LogP contribution in [0.3, 0.4) is 0 Å². The number of anilines is 5. The number of methoxy groups -OCH3 is 1. The SMILES string of the molecule is CCc1cc(Nc2ncc(Cl)c(Nc3ccccc3P(C)(C)=O)n2)cc(OC)c1N1CCC2(CC1)OCCO2. The van der Waals surface area contributed by atoms with Gasteiger partial charge in [-0.3, -0.25) is 0 Å². The molecule has 0 aliphatic carbocycles. The van der Waals surface area contributed by atoms with Crippen molar-refractivity contribution in [3.8, 4) is 5.75 Å². The summed E-state index contributed by atoms with van der Waals surface area (Å²) >= 11 is 6.44. The fraction of sp³-hybridized carbons (Fsp3) is 0.429. The minimum Gasteiger partial charge on any atom is -0.494 e. The zero-order valence-corrected chi connectivity index (χ0v) is 24.4. The predicted molar refractivity (Wildman–Crippen MR) is 158 cm³/mol. The fourth-order valence-electron chi connectivity index (χ4n) is 5.20. The summed E-state index contributed by atoms with van der Waals surface area (Å²) in [5, 5.41) is 7.64. The molecule has 2 aliphatic rings. The normalized spacial score (nSPS) is 16.9. The molecular formula is C28H35ClN5O4P. The molecule has 11 heteroatoms. The molecule has 39 heavy (non-hydrogen) atoms. The Hall–Kier alpha value is -2.84. The highest BCUT2D eigenvalue weighted by Gasteiger charge is 2.40. The lowest BCUT2D eigenvalue weighted by Gasteiger charge is -2.40. The average Bonchev–Trinajstić information content (AvgIpc) is 3.38. The molecule has 1 spiro atoms. The predicted octanol–water partition coefficient (Wildman–Crippen LogP) is 5.78. The van der Waals surface area contributed by atoms with Crippen molar-refractivity contribution in [2.75, 3.05) is 62.3 Å². The number of halogens is 1. The molecule has 2 saturated heterocycles. The quantitative estimate of drug-likeness (QED) is 0.326. The summed E-state index contributed by atoms with van der Waals surface area (Å²) in [6.07, 6.45) is 4.02. The molecule has 9 nitrogen and oxygen atoms in total. The van der Waals surface area contributed by atoms with Gasteiger partial charge in [0.15, 0.2) is 11.6 Å². The summed E-state index contributed by atoms with van der Waals surface area (Å²) in [7, 11) is -0.824. The van der Waals surface area contributed by atoms with Crippen LogP contribution in [0.4, 0.5) is 28.8 Å². The van der Waals surface area contributed by atoms with Crippen molar-refractivity contribution in [3.05, 3.63) is 53.2 Å². The molecule has 3 heterocycles. The molecule has 5 rings (SSSR count). The van der Waals surface area contributed by atoms with E-state index in [-0.39, 0.29) is 0 Å². The molecule has 208 valence electrons. The lowest BCUT2D eigenvalue weighted by Crippen LogP contribution is -2.45. The highest BCUT2D eigenvalue weighted by atomic mass is 35.5. The maximum Gasteiger partial charge on any atom is 0.229 e. The van der Waals surface area contributed by atoms with E-state index in [1.54, 1.807) is 26.6 Å². The van der Waals surface area contributed by atoms with Crippen molar-refractivity contribution in [2.24, 2.45) is 0 Å². The Morgan fingerprint density at radius 1 is 1.13 bits per heavy atom. The Labute approximate surface area is 234 Å². The Balaban J connectivity index is 1.39. The number of para-hydroxylation sites is 1. The molecular weight excluding hydrogens is 537 g/mol. The van der Waals surface area contributed by atoms with Crippen LogP contribution < -0.4 is 25.6 Å². The molecule has 0 atom stereocenters. The van der Waals surface area contributed by atoms with Gasteiger partial charge in [-0.25, -0.2) is 4.98 Å². The number of benzene rings is 2. The fourth-order valence-corrected chi connectivity index (χ4v) is 6.49. The van der Waals surface area contributed by atoms with Crippen LogP contribution in [-0.4, -0.2) is 62.5 Å². The van der Waals surface area contributed by atoms with Gasteiger partial charge in [0.1, 0.15) is 17.9 Å². The number of piperidine rings is 1. The third-order valence-electron chi connectivity index (χ3n) is 7.15. The van der Waals surface area contributed by atoms with Crippen LogP contribution in [0.15, 0.2) is 42.6 Å². The highest BCUT2D eigenvalue weighted by molar-refractivity contribution is 7.70. The third kappa shape index (κ3) is 6.02. The van der Waals surface area contributed by atoms with Crippen LogP contribution in [0.5, 0.6) is 5.75 Å². The molecule has 2 aromatic carbocycles. The number of hydrogen-bond acceptors (Lipinski definition) is 9. The van der Waals surface area contributed by atoms with Crippen LogP contribution in [0, 0.1) is 0 Å². The second-order valence-electron chi connectivity index (χ2n) is 10.1. The van der Waals surface area contributed by atoms with Crippen molar-refractivity contribution in [3.63, 3.8) is 0 Å². The number of aromatic nitrogens is 2. The van der Waals surface area contributed by atoms with E-state index < -0.39 is 12.9 Å². The van der Waals surface area contributed by atoms with Gasteiger partial charge < -0.3 is 34.3 Å². The maximum atomic E-state index is 12.8. The van der Waals surface area contributed by atoms with E-state index in [0.717, 1.165) is 60.3 Å². The standard InChI is InChI=1S/C28H35ClN5O4P/c1-5-19-16-20(17-23(36-2)25(19)34-12-10-28(11-13-34)37-14-15-38-28)31-27-30-18-21(29)26(33-27)32-22-8-6-7-9-24(22)39(3,4)35/h6-9,16-18H,5,10-15H2,1-4H3,(H2,30,31,32,33). The van der Waals surface area contributed by atoms with E-state index in [0.29, 0.717) is 35.7 Å². The van der Waals surface area contributed by atoms with E-state index in [1.807, 2.05) is 30.3 Å². The van der Waals surface area contributed by atoms with Crippen LogP contribution in [0.25, 0.3) is 0 Å². The Bertz CT molecular complexity index is 1360. The minimum absolute atomic E-state index is 0.359. The molecule has 3 aromatic rings. The van der Waals surface area contributed by atoms with Gasteiger partial charge in [0.25, 0.3) is 0 Å². The molecule has 0 amide bonds. The van der Waals surface area contributed by atoms with Crippen molar-refractivity contribution >= 4 is 52.9 Å². The molecule has 2 fully saturated rings. The van der Waals surface area contributed by atoms with E-state index in [9.17, 15) is 4.57 Å². The van der Waals surface area contributed by atoms with Crippen LogP contribution in [0.1, 0.15) is 25.3 Å². The number of nitrogens with one attached hydrogen (secondary N) is 2. The van der Waals surface area contributed by atoms with E-state index >= 15 is 0 Å². The first-order valence-corrected chi connectivity index (χ1v) is 16.1. The van der Waals surface area contributed by atoms with Gasteiger partial charge >= 0.3 is 0 Å². The topological polar surface area (TPSA) is 97.8 Å². The maximum absolute atomic E-state index is 12.8. The van der Waals surface area contributed by atoms with Gasteiger partial charge in [0.05, 0.1) is 37.9 Å². The number of nitrogens with zero attached hydrogens (tertiary/aromatic N) is 3. The lowest BCUT2D eigenvalue weighted by atomic mass is 10.00. The summed E-state index contributed by atoms with van der Waals surface area (Å²) in [5.41, 5.74) is 3.76. The number of rotatable bonds is 8. The van der Waals surface area contributed by atoms with E-state index in [2.05, 4.69) is 38.5 Å². The Morgan fingerprint density at radius 2 is 1.85 bits per heavy atom. The second-order valence-corrected chi connectivity index (χ2v) is 13.7. The summed E-state index contributed by atoms with van der Waals surface area (Å²) in [6.45, 7) is 8.60. The van der Waals surface area contributed by atoms with Gasteiger partial charge in [0, 0.05) is 43.0 Å². The molecule has 0 bridgehead atoms. The first-order valence-electron chi connectivity index (χ1n) is 13.2. The average molecular weight is 572 g/mol. The monoisotopic (exact) mass is 571 g/mol. The van der Waals surface area contributed by atoms with Crippen LogP contribution in [-0.2, 0) is 20.5 Å². The molecule has 0 radical (unpaired) electrons. The van der Waals surface area contributed by atoms with E-state index in [4.69, 9.17) is 25.8 Å². The lowest BCUT2D eigenvalue weighted by molar-refractivity contribution is -0.169. The van der Waals surface area contributed by atoms with Gasteiger partial charge in [-0.05, 0) is 43.5 Å². The van der Waals surface area contributed by atoms with Gasteiger partial charge in [-0.1, -0.05) is 30.7 Å². The van der Waals surface area contributed by atoms with Gasteiger partial charge in [-0.15, -0.1) is 0 Å². The number of ether oxygens (including phenoxy) is 3. The Kier molecular flexibility index (Phi) is 8.06. The van der Waals surface area contributed by atoms with Crippen LogP contribution >= 0.6 is 18.7 Å². The third-order valence-corrected chi connectivity index (χ3v) is 8.97. The molecule has 0 unspecified atom stereocenters. The van der Waals surface area contributed by atoms with Crippen molar-refractivity contribution in [1.82, 2.24) is 9.97 Å². The number of aryl methyl sites for hydroxylation is 1. The number of hydrogen-bond donors (Lipinski definition) is 2. The molecule has 1 aromatic heterocycles. The summed E-state index contributed by atoms with van der Waals surface area (Å²) in [5.74, 6) is 1.15. The highest BCUT2D eigenvalue weighted by Crippen LogP contribution is 2.41. The minimum atomic E-state index is -2.51. The van der Waals surface area contributed by atoms with Gasteiger partial charge in [-0.2, -0.15) is 4.98 Å². The van der Waals surface area contributed by atoms with Crippen molar-refractivity contribution in [2.45, 2.75) is 32.0 Å². The first kappa shape index (κ1) is 27.7. The van der Waals surface area contributed by atoms with Crippen LogP contribution in [0.2, 0.25) is 5.02 Å². The van der Waals surface area contributed by atoms with E-state index in [1.165, 1.54) is 0 Å². The largest absolute Gasteiger partial charge is 0.494 e. The van der Waals surface area contributed by atoms with Crippen molar-refractivity contribution in [1.29, 1.82) is 0 Å². The first-order chi connectivity index (χ1) is 18.7. The zero-order valence-electron chi connectivity index (χ0n) is 22.8. The summed E-state index contributed by atoms with van der Waals surface area (Å²) in [6, 6.07) is 11.5.